The number of piperidine rings is 1. The highest BCUT2D eigenvalue weighted by Crippen LogP contribution is 2.34. The number of carboxylic acids is 1. The van der Waals surface area contributed by atoms with Crippen LogP contribution < -0.4 is 0 Å². The summed E-state index contributed by atoms with van der Waals surface area (Å²) in [4.78, 5) is 24.3. The van der Waals surface area contributed by atoms with E-state index in [4.69, 9.17) is 5.11 Å². The largest absolute Gasteiger partial charge is 0.480 e. The third-order valence-electron chi connectivity index (χ3n) is 3.40. The predicted molar refractivity (Wildman–Crippen MR) is 49.7 cm³/mol. The summed E-state index contributed by atoms with van der Waals surface area (Å²) in [6.45, 7) is 1.88. The monoisotopic (exact) mass is 197 g/mol. The number of fused-ring (bicyclic) bond motifs is 1. The number of carbonyl (C=O) groups excluding carboxylic acids is 1. The third kappa shape index (κ3) is 1.29. The molecule has 0 radical (unpaired) electrons. The van der Waals surface area contributed by atoms with E-state index in [0.717, 1.165) is 19.3 Å². The topological polar surface area (TPSA) is 57.6 Å². The van der Waals surface area contributed by atoms with Gasteiger partial charge in [0.2, 0.25) is 5.91 Å². The predicted octanol–water partition coefficient (Wildman–Crippen LogP) is 0.861. The Hall–Kier alpha value is -1.06. The van der Waals surface area contributed by atoms with Gasteiger partial charge in [-0.1, -0.05) is 6.92 Å². The van der Waals surface area contributed by atoms with Crippen molar-refractivity contribution in [3.05, 3.63) is 0 Å². The lowest BCUT2D eigenvalue weighted by Gasteiger charge is -2.35. The minimum atomic E-state index is -0.852. The molecule has 0 aliphatic carbocycles. The summed E-state index contributed by atoms with van der Waals surface area (Å²) in [5, 5.41) is 8.96. The molecule has 2 aliphatic rings. The van der Waals surface area contributed by atoms with Crippen LogP contribution in [0.25, 0.3) is 0 Å². The zero-order chi connectivity index (χ0) is 10.3. The Labute approximate surface area is 82.9 Å². The first kappa shape index (κ1) is 9.49. The van der Waals surface area contributed by atoms with E-state index in [9.17, 15) is 9.59 Å². The maximum absolute atomic E-state index is 11.8. The zero-order valence-corrected chi connectivity index (χ0v) is 8.27. The number of nitrogens with zero attached hydrogens (tertiary/aromatic N) is 1. The van der Waals surface area contributed by atoms with Crippen molar-refractivity contribution in [3.8, 4) is 0 Å². The van der Waals surface area contributed by atoms with Crippen molar-refractivity contribution in [1.82, 2.24) is 4.90 Å². The molecule has 78 valence electrons. The standard InChI is InChI=1S/C10H15NO3/c1-6-2-3-7-4-5-8(10(13)14)11(7)9(6)12/h6-8H,2-5H2,1H3,(H,13,14). The van der Waals surface area contributed by atoms with Gasteiger partial charge >= 0.3 is 5.97 Å². The second kappa shape index (κ2) is 3.26. The molecule has 4 heteroatoms. The molecule has 1 amide bonds. The zero-order valence-electron chi connectivity index (χ0n) is 8.27. The molecule has 0 spiro atoms. The van der Waals surface area contributed by atoms with Crippen molar-refractivity contribution in [3.63, 3.8) is 0 Å². The fourth-order valence-electron chi connectivity index (χ4n) is 2.56. The molecule has 2 fully saturated rings. The summed E-state index contributed by atoms with van der Waals surface area (Å²) in [6, 6.07) is -0.366. The fourth-order valence-corrected chi connectivity index (χ4v) is 2.56. The van der Waals surface area contributed by atoms with Crippen LogP contribution in [0.3, 0.4) is 0 Å². The third-order valence-corrected chi connectivity index (χ3v) is 3.40. The van der Waals surface area contributed by atoms with Crippen LogP contribution in [0.4, 0.5) is 0 Å². The Morgan fingerprint density at radius 3 is 2.64 bits per heavy atom. The van der Waals surface area contributed by atoms with Crippen molar-refractivity contribution < 1.29 is 14.7 Å². The minimum Gasteiger partial charge on any atom is -0.480 e. The van der Waals surface area contributed by atoms with E-state index in [1.165, 1.54) is 0 Å². The van der Waals surface area contributed by atoms with Crippen molar-refractivity contribution in [1.29, 1.82) is 0 Å². The SMILES string of the molecule is CC1CCC2CCC(C(=O)O)N2C1=O. The van der Waals surface area contributed by atoms with Gasteiger partial charge in [0, 0.05) is 12.0 Å². The van der Waals surface area contributed by atoms with Gasteiger partial charge in [-0.3, -0.25) is 4.79 Å². The number of hydrogen-bond acceptors (Lipinski definition) is 2. The molecule has 3 unspecified atom stereocenters. The van der Waals surface area contributed by atoms with Gasteiger partial charge in [-0.2, -0.15) is 0 Å². The van der Waals surface area contributed by atoms with Crippen LogP contribution in [0.5, 0.6) is 0 Å². The molecule has 0 bridgehead atoms. The smallest absolute Gasteiger partial charge is 0.326 e. The van der Waals surface area contributed by atoms with Crippen molar-refractivity contribution >= 4 is 11.9 Å². The molecule has 0 saturated carbocycles. The molecular weight excluding hydrogens is 182 g/mol. The van der Waals surface area contributed by atoms with E-state index in [0.29, 0.717) is 6.42 Å². The molecule has 4 nitrogen and oxygen atoms in total. The number of amides is 1. The summed E-state index contributed by atoms with van der Waals surface area (Å²) >= 11 is 0. The maximum atomic E-state index is 11.8. The van der Waals surface area contributed by atoms with Gasteiger partial charge in [0.25, 0.3) is 0 Å². The van der Waals surface area contributed by atoms with E-state index in [1.807, 2.05) is 6.92 Å². The van der Waals surface area contributed by atoms with Crippen LogP contribution in [0.15, 0.2) is 0 Å². The summed E-state index contributed by atoms with van der Waals surface area (Å²) in [5.41, 5.74) is 0. The van der Waals surface area contributed by atoms with Gasteiger partial charge in [0.15, 0.2) is 0 Å². The quantitative estimate of drug-likeness (QED) is 0.678. The summed E-state index contributed by atoms with van der Waals surface area (Å²) in [5.74, 6) is -0.813. The lowest BCUT2D eigenvalue weighted by atomic mass is 9.94. The summed E-state index contributed by atoms with van der Waals surface area (Å²) < 4.78 is 0. The highest BCUT2D eigenvalue weighted by molar-refractivity contribution is 5.86. The fraction of sp³-hybridized carbons (Fsp3) is 0.800. The number of hydrogen-bond donors (Lipinski definition) is 1. The molecule has 2 saturated heterocycles. The van der Waals surface area contributed by atoms with Crippen molar-refractivity contribution in [2.24, 2.45) is 5.92 Å². The van der Waals surface area contributed by atoms with Crippen LogP contribution in [-0.2, 0) is 9.59 Å². The Morgan fingerprint density at radius 2 is 2.00 bits per heavy atom. The number of carboxylic acid groups (broad SMARTS) is 1. The van der Waals surface area contributed by atoms with E-state index in [1.54, 1.807) is 4.90 Å². The lowest BCUT2D eigenvalue weighted by molar-refractivity contribution is -0.153. The number of aliphatic carboxylic acids is 1. The van der Waals surface area contributed by atoms with Crippen LogP contribution >= 0.6 is 0 Å². The van der Waals surface area contributed by atoms with Crippen LogP contribution in [0.1, 0.15) is 32.6 Å². The van der Waals surface area contributed by atoms with Gasteiger partial charge in [-0.05, 0) is 25.7 Å². The molecule has 0 aromatic rings. The van der Waals surface area contributed by atoms with Gasteiger partial charge < -0.3 is 10.0 Å². The van der Waals surface area contributed by atoms with E-state index < -0.39 is 12.0 Å². The summed E-state index contributed by atoms with van der Waals surface area (Å²) in [7, 11) is 0. The van der Waals surface area contributed by atoms with E-state index in [2.05, 4.69) is 0 Å². The second-order valence-electron chi connectivity index (χ2n) is 4.31. The van der Waals surface area contributed by atoms with Crippen molar-refractivity contribution in [2.45, 2.75) is 44.7 Å². The number of rotatable bonds is 1. The molecule has 0 aromatic carbocycles. The van der Waals surface area contributed by atoms with E-state index >= 15 is 0 Å². The molecule has 2 heterocycles. The molecule has 2 aliphatic heterocycles. The summed E-state index contributed by atoms with van der Waals surface area (Å²) in [6.07, 6.45) is 3.36. The van der Waals surface area contributed by atoms with Crippen molar-refractivity contribution in [2.75, 3.05) is 0 Å². The van der Waals surface area contributed by atoms with Gasteiger partial charge in [0.05, 0.1) is 0 Å². The Bertz CT molecular complexity index is 277. The second-order valence-corrected chi connectivity index (χ2v) is 4.31. The highest BCUT2D eigenvalue weighted by Gasteiger charge is 2.44. The van der Waals surface area contributed by atoms with Gasteiger partial charge in [0.1, 0.15) is 6.04 Å². The Balaban J connectivity index is 2.20. The molecule has 3 atom stereocenters. The first-order chi connectivity index (χ1) is 6.61. The Morgan fingerprint density at radius 1 is 1.36 bits per heavy atom. The minimum absolute atomic E-state index is 0.00574. The Kier molecular flexibility index (Phi) is 2.21. The first-order valence-electron chi connectivity index (χ1n) is 5.16. The molecule has 2 rings (SSSR count). The average molecular weight is 197 g/mol. The van der Waals surface area contributed by atoms with Crippen LogP contribution in [-0.4, -0.2) is 34.0 Å². The van der Waals surface area contributed by atoms with Gasteiger partial charge in [-0.25, -0.2) is 4.79 Å². The van der Waals surface area contributed by atoms with Gasteiger partial charge in [-0.15, -0.1) is 0 Å². The molecule has 0 aromatic heterocycles. The molecular formula is C10H15NO3. The first-order valence-corrected chi connectivity index (χ1v) is 5.16. The van der Waals surface area contributed by atoms with Crippen LogP contribution in [0.2, 0.25) is 0 Å². The maximum Gasteiger partial charge on any atom is 0.326 e. The number of carbonyl (C=O) groups is 2. The van der Waals surface area contributed by atoms with Crippen LogP contribution in [0, 0.1) is 5.92 Å². The van der Waals surface area contributed by atoms with E-state index in [-0.39, 0.29) is 17.9 Å². The molecule has 14 heavy (non-hydrogen) atoms. The lowest BCUT2D eigenvalue weighted by Crippen LogP contribution is -2.50. The normalized spacial score (nSPS) is 37.1. The molecule has 1 N–H and O–H groups in total. The highest BCUT2D eigenvalue weighted by atomic mass is 16.4. The average Bonchev–Trinajstić information content (AvgIpc) is 2.55.